The molecule has 0 aliphatic carbocycles. The number of carbonyl (C=O) groups excluding carboxylic acids is 1. The number of hydrogen-bond acceptors (Lipinski definition) is 8. The molecule has 1 amide bonds. The second-order valence-electron chi connectivity index (χ2n) is 7.10. The van der Waals surface area contributed by atoms with Gasteiger partial charge in [-0.25, -0.2) is 9.97 Å². The van der Waals surface area contributed by atoms with Crippen molar-refractivity contribution in [2.45, 2.75) is 19.3 Å². The molecule has 0 radical (unpaired) electrons. The third kappa shape index (κ3) is 3.73. The number of piperidine rings is 1. The van der Waals surface area contributed by atoms with Gasteiger partial charge in [0.1, 0.15) is 5.69 Å². The van der Waals surface area contributed by atoms with Crippen LogP contribution in [-0.4, -0.2) is 49.0 Å². The fourth-order valence-corrected chi connectivity index (χ4v) is 4.41. The van der Waals surface area contributed by atoms with Gasteiger partial charge in [0, 0.05) is 37.5 Å². The van der Waals surface area contributed by atoms with Gasteiger partial charge in [-0.1, -0.05) is 5.16 Å². The van der Waals surface area contributed by atoms with Crippen molar-refractivity contribution < 1.29 is 9.32 Å². The molecule has 5 rings (SSSR count). The normalized spacial score (nSPS) is 17.0. The molecular formula is C20H18N6O2S. The largest absolute Gasteiger partial charge is 0.339 e. The summed E-state index contributed by atoms with van der Waals surface area (Å²) in [7, 11) is 0. The fraction of sp³-hybridized carbons (Fsp3) is 0.300. The second kappa shape index (κ2) is 7.67. The number of thiazole rings is 1. The average Bonchev–Trinajstić information content (AvgIpc) is 3.43. The van der Waals surface area contributed by atoms with Crippen molar-refractivity contribution in [2.24, 2.45) is 5.92 Å². The number of rotatable bonds is 4. The summed E-state index contributed by atoms with van der Waals surface area (Å²) in [5.74, 6) is 1.36. The molecule has 1 aromatic carbocycles. The third-order valence-electron chi connectivity index (χ3n) is 5.11. The van der Waals surface area contributed by atoms with Gasteiger partial charge in [0.05, 0.1) is 21.9 Å². The number of nitrogens with zero attached hydrogens (tertiary/aromatic N) is 6. The SMILES string of the molecule is O=C(c1ccc2ncsc2c1)N1CCC[C@H](Cc2nc(-c3cnccn3)no2)C1. The topological polar surface area (TPSA) is 97.9 Å². The molecule has 4 aromatic rings. The van der Waals surface area contributed by atoms with Crippen molar-refractivity contribution in [2.75, 3.05) is 13.1 Å². The summed E-state index contributed by atoms with van der Waals surface area (Å²) in [6, 6.07) is 5.70. The molecular weight excluding hydrogens is 388 g/mol. The minimum atomic E-state index is 0.0655. The van der Waals surface area contributed by atoms with Crippen molar-refractivity contribution in [3.05, 3.63) is 53.8 Å². The van der Waals surface area contributed by atoms with Gasteiger partial charge in [-0.2, -0.15) is 4.98 Å². The van der Waals surface area contributed by atoms with E-state index in [9.17, 15) is 4.79 Å². The molecule has 0 bridgehead atoms. The molecule has 1 saturated heterocycles. The van der Waals surface area contributed by atoms with E-state index in [1.54, 1.807) is 35.4 Å². The molecule has 1 fully saturated rings. The second-order valence-corrected chi connectivity index (χ2v) is 7.99. The van der Waals surface area contributed by atoms with E-state index >= 15 is 0 Å². The van der Waals surface area contributed by atoms with E-state index in [2.05, 4.69) is 25.1 Å². The van der Waals surface area contributed by atoms with Crippen LogP contribution in [0.25, 0.3) is 21.7 Å². The van der Waals surface area contributed by atoms with E-state index in [-0.39, 0.29) is 11.8 Å². The van der Waals surface area contributed by atoms with E-state index in [4.69, 9.17) is 4.52 Å². The van der Waals surface area contributed by atoms with E-state index in [0.717, 1.165) is 29.6 Å². The average molecular weight is 406 g/mol. The summed E-state index contributed by atoms with van der Waals surface area (Å²) in [5, 5.41) is 4.00. The summed E-state index contributed by atoms with van der Waals surface area (Å²) in [6.07, 6.45) is 7.44. The molecule has 0 N–H and O–H groups in total. The zero-order chi connectivity index (χ0) is 19.6. The maximum Gasteiger partial charge on any atom is 0.253 e. The zero-order valence-corrected chi connectivity index (χ0v) is 16.4. The lowest BCUT2D eigenvalue weighted by Gasteiger charge is -2.32. The van der Waals surface area contributed by atoms with E-state index in [1.165, 1.54) is 0 Å². The van der Waals surface area contributed by atoms with E-state index in [0.29, 0.717) is 35.9 Å². The molecule has 0 spiro atoms. The number of likely N-dealkylation sites (tertiary alicyclic amines) is 1. The lowest BCUT2D eigenvalue weighted by molar-refractivity contribution is 0.0668. The van der Waals surface area contributed by atoms with Gasteiger partial charge in [-0.15, -0.1) is 11.3 Å². The van der Waals surface area contributed by atoms with Gasteiger partial charge in [0.15, 0.2) is 0 Å². The van der Waals surface area contributed by atoms with Crippen LogP contribution in [0.15, 0.2) is 46.8 Å². The number of aromatic nitrogens is 5. The number of benzene rings is 1. The smallest absolute Gasteiger partial charge is 0.253 e. The molecule has 0 saturated carbocycles. The van der Waals surface area contributed by atoms with Gasteiger partial charge in [-0.3, -0.25) is 9.78 Å². The Morgan fingerprint density at radius 2 is 2.24 bits per heavy atom. The highest BCUT2D eigenvalue weighted by molar-refractivity contribution is 7.16. The highest BCUT2D eigenvalue weighted by Crippen LogP contribution is 2.25. The van der Waals surface area contributed by atoms with Crippen LogP contribution in [0.2, 0.25) is 0 Å². The molecule has 0 unspecified atom stereocenters. The Bertz CT molecular complexity index is 1140. The number of carbonyl (C=O) groups is 1. The monoisotopic (exact) mass is 406 g/mol. The number of hydrogen-bond donors (Lipinski definition) is 0. The predicted molar refractivity (Wildman–Crippen MR) is 107 cm³/mol. The minimum absolute atomic E-state index is 0.0655. The van der Waals surface area contributed by atoms with Crippen molar-refractivity contribution in [1.29, 1.82) is 0 Å². The van der Waals surface area contributed by atoms with Crippen molar-refractivity contribution >= 4 is 27.5 Å². The molecule has 1 atom stereocenters. The van der Waals surface area contributed by atoms with Gasteiger partial charge >= 0.3 is 0 Å². The Hall–Kier alpha value is -3.20. The summed E-state index contributed by atoms with van der Waals surface area (Å²) in [4.78, 5) is 31.9. The lowest BCUT2D eigenvalue weighted by Crippen LogP contribution is -2.40. The molecule has 9 heteroatoms. The van der Waals surface area contributed by atoms with Crippen molar-refractivity contribution in [1.82, 2.24) is 30.0 Å². The van der Waals surface area contributed by atoms with Crippen LogP contribution >= 0.6 is 11.3 Å². The molecule has 1 aliphatic rings. The van der Waals surface area contributed by atoms with E-state index in [1.807, 2.05) is 23.1 Å². The molecule has 1 aliphatic heterocycles. The first-order valence-electron chi connectivity index (χ1n) is 9.48. The van der Waals surface area contributed by atoms with Crippen molar-refractivity contribution in [3.63, 3.8) is 0 Å². The fourth-order valence-electron chi connectivity index (χ4n) is 3.69. The first kappa shape index (κ1) is 17.9. The van der Waals surface area contributed by atoms with Crippen LogP contribution in [0.3, 0.4) is 0 Å². The van der Waals surface area contributed by atoms with Gasteiger partial charge in [0.25, 0.3) is 5.91 Å². The summed E-state index contributed by atoms with van der Waals surface area (Å²) in [5.41, 5.74) is 4.03. The Kier molecular flexibility index (Phi) is 4.73. The highest BCUT2D eigenvalue weighted by Gasteiger charge is 2.26. The zero-order valence-electron chi connectivity index (χ0n) is 15.6. The first-order valence-corrected chi connectivity index (χ1v) is 10.4. The van der Waals surface area contributed by atoms with Gasteiger partial charge < -0.3 is 9.42 Å². The standard InChI is InChI=1S/C20H18N6O2S/c27-20(14-3-4-15-17(9-14)29-12-23-15)26-7-1-2-13(11-26)8-18-24-19(25-28-18)16-10-21-5-6-22-16/h3-6,9-10,12-13H,1-2,7-8,11H2/t13-/m1/s1. The molecule has 3 aromatic heterocycles. The molecule has 29 heavy (non-hydrogen) atoms. The maximum absolute atomic E-state index is 13.0. The van der Waals surface area contributed by atoms with Crippen LogP contribution < -0.4 is 0 Å². The summed E-state index contributed by atoms with van der Waals surface area (Å²) >= 11 is 1.55. The lowest BCUT2D eigenvalue weighted by atomic mass is 9.94. The Labute approximate surface area is 170 Å². The Balaban J connectivity index is 1.27. The van der Waals surface area contributed by atoms with Crippen LogP contribution in [0.5, 0.6) is 0 Å². The summed E-state index contributed by atoms with van der Waals surface area (Å²) < 4.78 is 6.44. The van der Waals surface area contributed by atoms with Crippen LogP contribution in [0.1, 0.15) is 29.1 Å². The molecule has 146 valence electrons. The van der Waals surface area contributed by atoms with E-state index < -0.39 is 0 Å². The predicted octanol–water partition coefficient (Wildman–Crippen LogP) is 3.23. The van der Waals surface area contributed by atoms with Crippen LogP contribution in [0.4, 0.5) is 0 Å². The molecule has 8 nitrogen and oxygen atoms in total. The Morgan fingerprint density at radius 1 is 1.28 bits per heavy atom. The highest BCUT2D eigenvalue weighted by atomic mass is 32.1. The van der Waals surface area contributed by atoms with Gasteiger partial charge in [-0.05, 0) is 37.0 Å². The minimum Gasteiger partial charge on any atom is -0.339 e. The first-order chi connectivity index (χ1) is 14.3. The number of fused-ring (bicyclic) bond motifs is 1. The maximum atomic E-state index is 13.0. The third-order valence-corrected chi connectivity index (χ3v) is 5.90. The Morgan fingerprint density at radius 3 is 3.14 bits per heavy atom. The van der Waals surface area contributed by atoms with Gasteiger partial charge in [0.2, 0.25) is 11.7 Å². The van der Waals surface area contributed by atoms with Crippen molar-refractivity contribution in [3.8, 4) is 11.5 Å². The molecule has 4 heterocycles. The van der Waals surface area contributed by atoms with Crippen LogP contribution in [0, 0.1) is 5.92 Å². The van der Waals surface area contributed by atoms with Crippen LogP contribution in [-0.2, 0) is 6.42 Å². The number of amides is 1. The quantitative estimate of drug-likeness (QED) is 0.513. The summed E-state index contributed by atoms with van der Waals surface area (Å²) in [6.45, 7) is 1.45.